The first-order chi connectivity index (χ1) is 15.6. The Kier molecular flexibility index (Phi) is 6.75. The number of pyridine rings is 1. The van der Waals surface area contributed by atoms with Gasteiger partial charge in [-0.3, -0.25) is 14.6 Å². The predicted molar refractivity (Wildman–Crippen MR) is 125 cm³/mol. The smallest absolute Gasteiger partial charge is 0.303 e. The van der Waals surface area contributed by atoms with Gasteiger partial charge in [-0.1, -0.05) is 54.6 Å². The van der Waals surface area contributed by atoms with Crippen molar-refractivity contribution in [2.75, 3.05) is 5.32 Å². The normalized spacial score (nSPS) is 17.6. The summed E-state index contributed by atoms with van der Waals surface area (Å²) in [5, 5.41) is 11.9. The summed E-state index contributed by atoms with van der Waals surface area (Å²) in [6, 6.07) is 21.8. The molecule has 0 aliphatic heterocycles. The molecule has 1 heterocycles. The molecule has 1 saturated carbocycles. The number of allylic oxidation sites excluding steroid dienone is 1. The van der Waals surface area contributed by atoms with Gasteiger partial charge in [0.1, 0.15) is 0 Å². The van der Waals surface area contributed by atoms with Gasteiger partial charge in [0.2, 0.25) is 5.91 Å². The third kappa shape index (κ3) is 5.49. The number of carbonyl (C=O) groups is 2. The Morgan fingerprint density at radius 2 is 1.78 bits per heavy atom. The monoisotopic (exact) mass is 426 g/mol. The number of rotatable bonds is 9. The molecule has 0 bridgehead atoms. The second kappa shape index (κ2) is 10.1. The fourth-order valence-electron chi connectivity index (χ4n) is 3.95. The van der Waals surface area contributed by atoms with E-state index >= 15 is 0 Å². The van der Waals surface area contributed by atoms with E-state index < -0.39 is 5.97 Å². The minimum absolute atomic E-state index is 0.0251. The van der Waals surface area contributed by atoms with Crippen molar-refractivity contribution in [3.63, 3.8) is 0 Å². The summed E-state index contributed by atoms with van der Waals surface area (Å²) in [7, 11) is 0. The quantitative estimate of drug-likeness (QED) is 0.442. The zero-order valence-corrected chi connectivity index (χ0v) is 17.8. The van der Waals surface area contributed by atoms with E-state index in [4.69, 9.17) is 5.11 Å². The standard InChI is InChI=1S/C27H26N2O3/c30-26(31)11-5-4-10-23(21-9-6-16-28-18-21)20-12-14-22(15-13-20)29-27(32)25-17-24(25)19-7-2-1-3-8-19/h1-3,6-10,12-16,18,24-25H,4-5,11,17H2,(H,29,32)(H,30,31). The maximum absolute atomic E-state index is 12.6. The van der Waals surface area contributed by atoms with Crippen molar-refractivity contribution >= 4 is 23.1 Å². The molecular weight excluding hydrogens is 400 g/mol. The number of carboxylic acid groups (broad SMARTS) is 1. The van der Waals surface area contributed by atoms with Gasteiger partial charge in [0.25, 0.3) is 0 Å². The molecule has 162 valence electrons. The van der Waals surface area contributed by atoms with E-state index in [9.17, 15) is 9.59 Å². The van der Waals surface area contributed by atoms with Crippen LogP contribution in [0.2, 0.25) is 0 Å². The zero-order chi connectivity index (χ0) is 22.3. The summed E-state index contributed by atoms with van der Waals surface area (Å²) in [5.41, 5.74) is 4.97. The van der Waals surface area contributed by atoms with Crippen molar-refractivity contribution in [1.29, 1.82) is 0 Å². The molecule has 0 radical (unpaired) electrons. The lowest BCUT2D eigenvalue weighted by Gasteiger charge is -2.11. The Bertz CT molecular complexity index is 1090. The number of nitrogens with one attached hydrogen (secondary N) is 1. The lowest BCUT2D eigenvalue weighted by molar-refractivity contribution is -0.137. The topological polar surface area (TPSA) is 79.3 Å². The van der Waals surface area contributed by atoms with E-state index in [1.807, 2.05) is 54.6 Å². The third-order valence-electron chi connectivity index (χ3n) is 5.73. The number of nitrogens with zero attached hydrogens (tertiary/aromatic N) is 1. The summed E-state index contributed by atoms with van der Waals surface area (Å²) in [4.78, 5) is 27.7. The van der Waals surface area contributed by atoms with E-state index in [1.165, 1.54) is 5.56 Å². The number of unbranched alkanes of at least 4 members (excludes halogenated alkanes) is 1. The van der Waals surface area contributed by atoms with Gasteiger partial charge in [0.15, 0.2) is 0 Å². The molecule has 32 heavy (non-hydrogen) atoms. The first kappa shape index (κ1) is 21.5. The van der Waals surface area contributed by atoms with E-state index in [1.54, 1.807) is 12.4 Å². The Labute approximate surface area is 187 Å². The number of benzene rings is 2. The molecule has 4 rings (SSSR count). The molecule has 1 aliphatic carbocycles. The fraction of sp³-hybridized carbons (Fsp3) is 0.222. The zero-order valence-electron chi connectivity index (χ0n) is 17.8. The van der Waals surface area contributed by atoms with Crippen LogP contribution >= 0.6 is 0 Å². The van der Waals surface area contributed by atoms with Crippen molar-refractivity contribution in [1.82, 2.24) is 4.98 Å². The molecule has 1 amide bonds. The van der Waals surface area contributed by atoms with Crippen molar-refractivity contribution in [2.45, 2.75) is 31.6 Å². The van der Waals surface area contributed by atoms with Gasteiger partial charge in [-0.25, -0.2) is 0 Å². The molecule has 2 atom stereocenters. The number of aliphatic carboxylic acids is 1. The summed E-state index contributed by atoms with van der Waals surface area (Å²) in [6.45, 7) is 0. The van der Waals surface area contributed by atoms with E-state index in [-0.39, 0.29) is 18.2 Å². The van der Waals surface area contributed by atoms with Gasteiger partial charge < -0.3 is 10.4 Å². The molecular formula is C27H26N2O3. The van der Waals surface area contributed by atoms with Gasteiger partial charge in [-0.05, 0) is 60.1 Å². The molecule has 1 aliphatic rings. The van der Waals surface area contributed by atoms with E-state index in [2.05, 4.69) is 28.5 Å². The van der Waals surface area contributed by atoms with Crippen LogP contribution in [-0.2, 0) is 9.59 Å². The number of hydrogen-bond acceptors (Lipinski definition) is 3. The maximum Gasteiger partial charge on any atom is 0.303 e. The highest BCUT2D eigenvalue weighted by Gasteiger charge is 2.43. The second-order valence-corrected chi connectivity index (χ2v) is 8.07. The maximum atomic E-state index is 12.6. The van der Waals surface area contributed by atoms with Crippen LogP contribution in [0.15, 0.2) is 85.2 Å². The number of hydrogen-bond donors (Lipinski definition) is 2. The summed E-state index contributed by atoms with van der Waals surface area (Å²) in [5.74, 6) is -0.395. The number of aromatic nitrogens is 1. The Morgan fingerprint density at radius 1 is 1.00 bits per heavy atom. The van der Waals surface area contributed by atoms with Crippen molar-refractivity contribution in [2.24, 2.45) is 5.92 Å². The molecule has 2 unspecified atom stereocenters. The summed E-state index contributed by atoms with van der Waals surface area (Å²) in [6.07, 6.45) is 7.86. The Hall–Kier alpha value is -3.73. The van der Waals surface area contributed by atoms with Crippen LogP contribution in [0.25, 0.3) is 5.57 Å². The third-order valence-corrected chi connectivity index (χ3v) is 5.73. The van der Waals surface area contributed by atoms with Crippen molar-refractivity contribution in [3.8, 4) is 0 Å². The number of carbonyl (C=O) groups excluding carboxylic acids is 1. The average molecular weight is 427 g/mol. The minimum Gasteiger partial charge on any atom is -0.481 e. The fourth-order valence-corrected chi connectivity index (χ4v) is 3.95. The highest BCUT2D eigenvalue weighted by atomic mass is 16.4. The number of amides is 1. The van der Waals surface area contributed by atoms with Crippen LogP contribution in [0, 0.1) is 5.92 Å². The molecule has 5 heteroatoms. The summed E-state index contributed by atoms with van der Waals surface area (Å²) < 4.78 is 0. The van der Waals surface area contributed by atoms with Crippen molar-refractivity contribution in [3.05, 3.63) is 102 Å². The lowest BCUT2D eigenvalue weighted by Crippen LogP contribution is -2.14. The van der Waals surface area contributed by atoms with E-state index in [0.717, 1.165) is 28.8 Å². The molecule has 0 spiro atoms. The first-order valence-corrected chi connectivity index (χ1v) is 10.9. The van der Waals surface area contributed by atoms with Crippen LogP contribution in [0.3, 0.4) is 0 Å². The van der Waals surface area contributed by atoms with E-state index in [0.29, 0.717) is 18.8 Å². The molecule has 1 fully saturated rings. The lowest BCUT2D eigenvalue weighted by atomic mass is 9.97. The average Bonchev–Trinajstić information content (AvgIpc) is 3.62. The largest absolute Gasteiger partial charge is 0.481 e. The van der Waals surface area contributed by atoms with Gasteiger partial charge >= 0.3 is 5.97 Å². The summed E-state index contributed by atoms with van der Waals surface area (Å²) >= 11 is 0. The Balaban J connectivity index is 1.43. The molecule has 3 aromatic rings. The molecule has 0 saturated heterocycles. The predicted octanol–water partition coefficient (Wildman–Crippen LogP) is 5.51. The number of carboxylic acids is 1. The van der Waals surface area contributed by atoms with Crippen LogP contribution in [0.4, 0.5) is 5.69 Å². The number of anilines is 1. The molecule has 2 N–H and O–H groups in total. The van der Waals surface area contributed by atoms with Crippen LogP contribution < -0.4 is 5.32 Å². The molecule has 5 nitrogen and oxygen atoms in total. The van der Waals surface area contributed by atoms with Gasteiger partial charge in [-0.2, -0.15) is 0 Å². The van der Waals surface area contributed by atoms with Gasteiger partial charge in [0.05, 0.1) is 0 Å². The van der Waals surface area contributed by atoms with Crippen molar-refractivity contribution < 1.29 is 14.7 Å². The molecule has 2 aromatic carbocycles. The SMILES string of the molecule is O=C(O)CCCC=C(c1ccc(NC(=O)C2CC2c2ccccc2)cc1)c1cccnc1. The van der Waals surface area contributed by atoms with Gasteiger partial charge in [-0.15, -0.1) is 0 Å². The highest BCUT2D eigenvalue weighted by Crippen LogP contribution is 2.47. The van der Waals surface area contributed by atoms with Gasteiger partial charge in [0, 0.05) is 36.0 Å². The van der Waals surface area contributed by atoms with Crippen LogP contribution in [0.1, 0.15) is 48.3 Å². The minimum atomic E-state index is -0.786. The molecule has 1 aromatic heterocycles. The highest BCUT2D eigenvalue weighted by molar-refractivity contribution is 5.95. The van der Waals surface area contributed by atoms with Crippen LogP contribution in [-0.4, -0.2) is 22.0 Å². The first-order valence-electron chi connectivity index (χ1n) is 10.9. The Morgan fingerprint density at radius 3 is 2.47 bits per heavy atom. The second-order valence-electron chi connectivity index (χ2n) is 8.07. The van der Waals surface area contributed by atoms with Crippen LogP contribution in [0.5, 0.6) is 0 Å².